The molecule has 0 N–H and O–H groups in total. The van der Waals surface area contributed by atoms with Gasteiger partial charge in [0.15, 0.2) is 6.29 Å². The maximum atomic E-state index is 10.9. The fourth-order valence-electron chi connectivity index (χ4n) is 1.11. The number of carbonyl (C=O) groups is 2. The molecular formula is C9H3ClN2O4. The molecular weight excluding hydrogens is 236 g/mol. The van der Waals surface area contributed by atoms with Crippen molar-refractivity contribution < 1.29 is 14.5 Å². The van der Waals surface area contributed by atoms with Crippen molar-refractivity contribution in [1.29, 1.82) is 5.26 Å². The minimum absolute atomic E-state index is 0.114. The van der Waals surface area contributed by atoms with E-state index in [2.05, 4.69) is 0 Å². The number of hydrogen-bond acceptors (Lipinski definition) is 5. The van der Waals surface area contributed by atoms with E-state index in [0.29, 0.717) is 6.29 Å². The fraction of sp³-hybridized carbons (Fsp3) is 0. The van der Waals surface area contributed by atoms with Crippen molar-refractivity contribution in [3.8, 4) is 6.07 Å². The molecule has 0 aliphatic rings. The van der Waals surface area contributed by atoms with Gasteiger partial charge in [0.1, 0.15) is 11.6 Å². The second-order valence-corrected chi connectivity index (χ2v) is 3.06. The van der Waals surface area contributed by atoms with Crippen LogP contribution < -0.4 is 0 Å². The summed E-state index contributed by atoms with van der Waals surface area (Å²) in [7, 11) is 0. The molecule has 0 aromatic heterocycles. The number of carbonyl (C=O) groups excluding carboxylic acids is 2. The van der Waals surface area contributed by atoms with Crippen LogP contribution in [0.1, 0.15) is 26.3 Å². The van der Waals surface area contributed by atoms with Crippen LogP contribution in [0, 0.1) is 21.4 Å². The summed E-state index contributed by atoms with van der Waals surface area (Å²) < 4.78 is 0. The van der Waals surface area contributed by atoms with Crippen LogP contribution in [0.15, 0.2) is 12.1 Å². The molecule has 1 rings (SSSR count). The second kappa shape index (κ2) is 4.51. The Hall–Kier alpha value is -2.26. The van der Waals surface area contributed by atoms with E-state index in [-0.39, 0.29) is 11.1 Å². The van der Waals surface area contributed by atoms with Gasteiger partial charge >= 0.3 is 0 Å². The number of hydrogen-bond donors (Lipinski definition) is 0. The molecule has 7 heteroatoms. The Bertz CT molecular complexity index is 533. The third kappa shape index (κ3) is 2.04. The Morgan fingerprint density at radius 2 is 2.19 bits per heavy atom. The van der Waals surface area contributed by atoms with E-state index in [1.54, 1.807) is 6.07 Å². The van der Waals surface area contributed by atoms with Crippen molar-refractivity contribution in [3.05, 3.63) is 38.9 Å². The van der Waals surface area contributed by atoms with Gasteiger partial charge in [-0.15, -0.1) is 0 Å². The van der Waals surface area contributed by atoms with Crippen LogP contribution in [0.5, 0.6) is 0 Å². The van der Waals surface area contributed by atoms with Gasteiger partial charge in [-0.3, -0.25) is 19.7 Å². The summed E-state index contributed by atoms with van der Waals surface area (Å²) in [6.45, 7) is 0. The number of nitro benzene ring substituents is 1. The van der Waals surface area contributed by atoms with E-state index in [0.717, 1.165) is 12.1 Å². The van der Waals surface area contributed by atoms with Crippen molar-refractivity contribution in [2.45, 2.75) is 0 Å². The first-order valence-electron chi connectivity index (χ1n) is 3.88. The molecule has 0 fully saturated rings. The van der Waals surface area contributed by atoms with Crippen LogP contribution in [0.2, 0.25) is 0 Å². The Labute approximate surface area is 94.2 Å². The third-order valence-corrected chi connectivity index (χ3v) is 2.03. The van der Waals surface area contributed by atoms with Crippen molar-refractivity contribution in [1.82, 2.24) is 0 Å². The lowest BCUT2D eigenvalue weighted by Crippen LogP contribution is -2.02. The van der Waals surface area contributed by atoms with Gasteiger partial charge in [0.05, 0.1) is 10.5 Å². The summed E-state index contributed by atoms with van der Waals surface area (Å²) in [5.74, 6) is 0. The maximum Gasteiger partial charge on any atom is 0.282 e. The normalized spacial score (nSPS) is 9.25. The summed E-state index contributed by atoms with van der Waals surface area (Å²) in [4.78, 5) is 31.2. The predicted octanol–water partition coefficient (Wildman–Crippen LogP) is 1.66. The number of nitro groups is 1. The maximum absolute atomic E-state index is 10.9. The lowest BCUT2D eigenvalue weighted by molar-refractivity contribution is -0.385. The standard InChI is InChI=1S/C9H3ClN2O4/c10-9(14)7-1-6(4-13)5(3-11)2-8(7)12(15)16/h1-2,4H. The number of nitriles is 1. The number of rotatable bonds is 3. The van der Waals surface area contributed by atoms with Crippen molar-refractivity contribution in [2.24, 2.45) is 0 Å². The van der Waals surface area contributed by atoms with E-state index < -0.39 is 21.4 Å². The van der Waals surface area contributed by atoms with E-state index in [1.807, 2.05) is 0 Å². The van der Waals surface area contributed by atoms with Crippen LogP contribution in [-0.2, 0) is 0 Å². The molecule has 1 aromatic carbocycles. The van der Waals surface area contributed by atoms with Crippen LogP contribution >= 0.6 is 11.6 Å². The first-order chi connectivity index (χ1) is 7.51. The Balaban J connectivity index is 3.62. The van der Waals surface area contributed by atoms with Gasteiger partial charge in [-0.05, 0) is 17.7 Å². The van der Waals surface area contributed by atoms with Crippen molar-refractivity contribution >= 4 is 28.8 Å². The predicted molar refractivity (Wildman–Crippen MR) is 53.4 cm³/mol. The molecule has 0 amide bonds. The molecule has 0 radical (unpaired) electrons. The SMILES string of the molecule is N#Cc1cc([N+](=O)[O-])c(C(=O)Cl)cc1C=O. The van der Waals surface area contributed by atoms with Gasteiger partial charge in [-0.2, -0.15) is 5.26 Å². The molecule has 0 saturated carbocycles. The summed E-state index contributed by atoms with van der Waals surface area (Å²) in [6, 6.07) is 3.39. The van der Waals surface area contributed by atoms with Gasteiger partial charge < -0.3 is 0 Å². The van der Waals surface area contributed by atoms with E-state index in [4.69, 9.17) is 16.9 Å². The Kier molecular flexibility index (Phi) is 3.33. The molecule has 0 bridgehead atoms. The van der Waals surface area contributed by atoms with Gasteiger partial charge in [-0.25, -0.2) is 0 Å². The highest BCUT2D eigenvalue weighted by atomic mass is 35.5. The zero-order valence-electron chi connectivity index (χ0n) is 7.64. The summed E-state index contributed by atoms with van der Waals surface area (Å²) >= 11 is 5.13. The highest BCUT2D eigenvalue weighted by Gasteiger charge is 2.21. The third-order valence-electron chi connectivity index (χ3n) is 1.82. The van der Waals surface area contributed by atoms with E-state index >= 15 is 0 Å². The zero-order chi connectivity index (χ0) is 12.3. The quantitative estimate of drug-likeness (QED) is 0.345. The molecule has 0 saturated heterocycles. The largest absolute Gasteiger partial charge is 0.298 e. The molecule has 1 aromatic rings. The first kappa shape index (κ1) is 11.8. The van der Waals surface area contributed by atoms with Crippen LogP contribution in [0.4, 0.5) is 5.69 Å². The average Bonchev–Trinajstić information content (AvgIpc) is 2.26. The monoisotopic (exact) mass is 238 g/mol. The minimum Gasteiger partial charge on any atom is -0.298 e. The number of nitrogens with zero attached hydrogens (tertiary/aromatic N) is 2. The Morgan fingerprint density at radius 3 is 2.56 bits per heavy atom. The van der Waals surface area contributed by atoms with E-state index in [9.17, 15) is 19.7 Å². The molecule has 0 atom stereocenters. The Morgan fingerprint density at radius 1 is 1.56 bits per heavy atom. The molecule has 0 spiro atoms. The summed E-state index contributed by atoms with van der Waals surface area (Å²) in [5.41, 5.74) is -1.30. The molecule has 6 nitrogen and oxygen atoms in total. The van der Waals surface area contributed by atoms with Gasteiger partial charge in [-0.1, -0.05) is 0 Å². The van der Waals surface area contributed by atoms with Gasteiger partial charge in [0.25, 0.3) is 10.9 Å². The fourth-order valence-corrected chi connectivity index (χ4v) is 1.26. The number of aldehydes is 1. The molecule has 16 heavy (non-hydrogen) atoms. The van der Waals surface area contributed by atoms with Crippen LogP contribution in [-0.4, -0.2) is 16.5 Å². The van der Waals surface area contributed by atoms with Crippen molar-refractivity contribution in [2.75, 3.05) is 0 Å². The van der Waals surface area contributed by atoms with Gasteiger partial charge in [0, 0.05) is 11.6 Å². The minimum atomic E-state index is -1.06. The van der Waals surface area contributed by atoms with E-state index in [1.165, 1.54) is 0 Å². The molecule has 0 aliphatic heterocycles. The number of benzene rings is 1. The summed E-state index contributed by atoms with van der Waals surface area (Å²) in [6.07, 6.45) is 0.325. The second-order valence-electron chi connectivity index (χ2n) is 2.72. The molecule has 0 heterocycles. The lowest BCUT2D eigenvalue weighted by Gasteiger charge is -2.00. The summed E-state index contributed by atoms with van der Waals surface area (Å²) in [5, 5.41) is 18.2. The average molecular weight is 239 g/mol. The van der Waals surface area contributed by atoms with Crippen LogP contribution in [0.25, 0.3) is 0 Å². The molecule has 0 aliphatic carbocycles. The van der Waals surface area contributed by atoms with Crippen molar-refractivity contribution in [3.63, 3.8) is 0 Å². The van der Waals surface area contributed by atoms with Gasteiger partial charge in [0.2, 0.25) is 0 Å². The lowest BCUT2D eigenvalue weighted by atomic mass is 10.0. The smallest absolute Gasteiger partial charge is 0.282 e. The topological polar surface area (TPSA) is 101 Å². The number of halogens is 1. The highest BCUT2D eigenvalue weighted by molar-refractivity contribution is 6.68. The zero-order valence-corrected chi connectivity index (χ0v) is 8.39. The molecule has 80 valence electrons. The first-order valence-corrected chi connectivity index (χ1v) is 4.26. The highest BCUT2D eigenvalue weighted by Crippen LogP contribution is 2.24. The molecule has 0 unspecified atom stereocenters. The van der Waals surface area contributed by atoms with Crippen LogP contribution in [0.3, 0.4) is 0 Å².